The maximum Gasteiger partial charge on any atom is 0.275 e. The molecule has 2 aromatic heterocycles. The van der Waals surface area contributed by atoms with Crippen LogP contribution in [0.25, 0.3) is 4.96 Å². The summed E-state index contributed by atoms with van der Waals surface area (Å²) in [4.78, 5) is 18.3. The second-order valence-corrected chi connectivity index (χ2v) is 6.56. The van der Waals surface area contributed by atoms with Crippen molar-refractivity contribution < 1.29 is 9.64 Å². The molecule has 0 bridgehead atoms. The summed E-state index contributed by atoms with van der Waals surface area (Å²) in [6, 6.07) is 1.52. The summed E-state index contributed by atoms with van der Waals surface area (Å²) in [7, 11) is 0. The highest BCUT2D eigenvalue weighted by molar-refractivity contribution is 7.16. The first-order valence-corrected chi connectivity index (χ1v) is 7.68. The van der Waals surface area contributed by atoms with Crippen LogP contribution in [-0.2, 0) is 11.3 Å². The van der Waals surface area contributed by atoms with Crippen LogP contribution in [0.5, 0.6) is 0 Å². The standard InChI is InChI=1S/C13H18N4O2S/c1-8-4-12(18)17-13(14-8)20-11(15-17)7-16-5-9(2)19-10(3)6-16/h4,9-10H,5-7H2,1-3H3/p+1/t9-,10+. The third-order valence-electron chi connectivity index (χ3n) is 3.43. The fourth-order valence-corrected chi connectivity index (χ4v) is 3.80. The molecule has 6 nitrogen and oxygen atoms in total. The second kappa shape index (κ2) is 5.23. The lowest BCUT2D eigenvalue weighted by Gasteiger charge is -2.31. The molecule has 0 amide bonds. The van der Waals surface area contributed by atoms with Gasteiger partial charge in [-0.15, -0.1) is 0 Å². The van der Waals surface area contributed by atoms with E-state index in [-0.39, 0.29) is 17.8 Å². The van der Waals surface area contributed by atoms with Crippen molar-refractivity contribution in [3.63, 3.8) is 0 Å². The van der Waals surface area contributed by atoms with E-state index in [0.717, 1.165) is 30.3 Å². The minimum Gasteiger partial charge on any atom is -0.364 e. The van der Waals surface area contributed by atoms with Gasteiger partial charge in [0.25, 0.3) is 5.56 Å². The van der Waals surface area contributed by atoms with E-state index in [1.54, 1.807) is 0 Å². The van der Waals surface area contributed by atoms with E-state index in [0.29, 0.717) is 4.96 Å². The Morgan fingerprint density at radius 2 is 2.15 bits per heavy atom. The summed E-state index contributed by atoms with van der Waals surface area (Å²) in [5, 5.41) is 5.35. The average Bonchev–Trinajstić information content (AvgIpc) is 2.70. The van der Waals surface area contributed by atoms with Crippen molar-refractivity contribution in [1.82, 2.24) is 14.6 Å². The Balaban J connectivity index is 1.84. The SMILES string of the molecule is Cc1cc(=O)n2nc(C[NH+]3C[C@@H](C)O[C@@H](C)C3)sc2n1. The van der Waals surface area contributed by atoms with Crippen LogP contribution in [0.1, 0.15) is 24.5 Å². The zero-order chi connectivity index (χ0) is 14.3. The highest BCUT2D eigenvalue weighted by Crippen LogP contribution is 2.10. The number of rotatable bonds is 2. The number of hydrogen-bond donors (Lipinski definition) is 1. The highest BCUT2D eigenvalue weighted by atomic mass is 32.1. The number of hydrogen-bond acceptors (Lipinski definition) is 5. The van der Waals surface area contributed by atoms with Crippen molar-refractivity contribution in [2.24, 2.45) is 0 Å². The molecule has 1 N–H and O–H groups in total. The van der Waals surface area contributed by atoms with Gasteiger partial charge in [-0.3, -0.25) is 4.79 Å². The smallest absolute Gasteiger partial charge is 0.275 e. The zero-order valence-electron chi connectivity index (χ0n) is 11.9. The lowest BCUT2D eigenvalue weighted by Crippen LogP contribution is -3.14. The third-order valence-corrected chi connectivity index (χ3v) is 4.34. The van der Waals surface area contributed by atoms with Crippen LogP contribution in [0.2, 0.25) is 0 Å². The maximum atomic E-state index is 11.8. The fourth-order valence-electron chi connectivity index (χ4n) is 2.78. The Hall–Kier alpha value is -1.31. The Labute approximate surface area is 121 Å². The fraction of sp³-hybridized carbons (Fsp3) is 0.615. The number of ether oxygens (including phenoxy) is 1. The Bertz CT molecular complexity index is 671. The van der Waals surface area contributed by atoms with Crippen LogP contribution < -0.4 is 10.5 Å². The van der Waals surface area contributed by atoms with Crippen LogP contribution in [0, 0.1) is 6.92 Å². The van der Waals surface area contributed by atoms with Crippen molar-refractivity contribution in [2.45, 2.75) is 39.5 Å². The zero-order valence-corrected chi connectivity index (χ0v) is 12.7. The van der Waals surface area contributed by atoms with E-state index in [2.05, 4.69) is 23.9 Å². The molecule has 1 aliphatic heterocycles. The van der Waals surface area contributed by atoms with Gasteiger partial charge in [0.05, 0.1) is 0 Å². The third kappa shape index (κ3) is 2.74. The molecule has 0 saturated carbocycles. The van der Waals surface area contributed by atoms with E-state index < -0.39 is 0 Å². The lowest BCUT2D eigenvalue weighted by molar-refractivity contribution is -0.928. The summed E-state index contributed by atoms with van der Waals surface area (Å²) >= 11 is 1.50. The monoisotopic (exact) mass is 295 g/mol. The molecule has 1 unspecified atom stereocenters. The van der Waals surface area contributed by atoms with E-state index in [1.165, 1.54) is 26.8 Å². The molecule has 3 atom stereocenters. The predicted octanol–water partition coefficient (Wildman–Crippen LogP) is -0.348. The van der Waals surface area contributed by atoms with Gasteiger partial charge in [0.1, 0.15) is 31.8 Å². The van der Waals surface area contributed by atoms with Crippen LogP contribution in [0.15, 0.2) is 10.9 Å². The summed E-state index contributed by atoms with van der Waals surface area (Å²) in [6.07, 6.45) is 0.539. The summed E-state index contributed by atoms with van der Waals surface area (Å²) in [6.45, 7) is 8.80. The molecule has 0 spiro atoms. The van der Waals surface area contributed by atoms with E-state index in [1.807, 2.05) is 6.92 Å². The molecule has 0 aromatic carbocycles. The number of nitrogens with zero attached hydrogens (tertiary/aromatic N) is 3. The number of nitrogens with one attached hydrogen (secondary N) is 1. The van der Waals surface area contributed by atoms with Crippen molar-refractivity contribution in [2.75, 3.05) is 13.1 Å². The highest BCUT2D eigenvalue weighted by Gasteiger charge is 2.26. The first-order chi connectivity index (χ1) is 9.51. The summed E-state index contributed by atoms with van der Waals surface area (Å²) < 4.78 is 7.14. The number of aryl methyl sites for hydroxylation is 1. The number of fused-ring (bicyclic) bond motifs is 1. The van der Waals surface area contributed by atoms with Gasteiger partial charge in [-0.2, -0.15) is 9.61 Å². The number of morpholine rings is 1. The molecular weight excluding hydrogens is 276 g/mol. The van der Waals surface area contributed by atoms with Gasteiger partial charge in [-0.25, -0.2) is 4.98 Å². The molecule has 0 aliphatic carbocycles. The molecule has 1 aliphatic rings. The molecular formula is C13H19N4O2S+. The molecule has 108 valence electrons. The molecule has 3 rings (SSSR count). The summed E-state index contributed by atoms with van der Waals surface area (Å²) in [5.41, 5.74) is 0.639. The normalized spacial score (nSPS) is 27.1. The van der Waals surface area contributed by atoms with Gasteiger partial charge in [-0.1, -0.05) is 11.3 Å². The van der Waals surface area contributed by atoms with Gasteiger partial charge < -0.3 is 9.64 Å². The van der Waals surface area contributed by atoms with E-state index in [9.17, 15) is 4.79 Å². The molecule has 0 radical (unpaired) electrons. The number of aromatic nitrogens is 3. The van der Waals surface area contributed by atoms with E-state index >= 15 is 0 Å². The molecule has 7 heteroatoms. The Morgan fingerprint density at radius 3 is 2.85 bits per heavy atom. The van der Waals surface area contributed by atoms with Crippen molar-refractivity contribution in [3.8, 4) is 0 Å². The van der Waals surface area contributed by atoms with Gasteiger partial charge in [0.15, 0.2) is 5.01 Å². The van der Waals surface area contributed by atoms with Gasteiger partial charge >= 0.3 is 0 Å². The average molecular weight is 295 g/mol. The van der Waals surface area contributed by atoms with Crippen molar-refractivity contribution in [1.29, 1.82) is 0 Å². The van der Waals surface area contributed by atoms with Gasteiger partial charge in [0.2, 0.25) is 4.96 Å². The molecule has 1 saturated heterocycles. The molecule has 3 heterocycles. The quantitative estimate of drug-likeness (QED) is 0.823. The minimum atomic E-state index is -0.103. The number of quaternary nitrogens is 1. The maximum absolute atomic E-state index is 11.8. The first-order valence-electron chi connectivity index (χ1n) is 6.86. The second-order valence-electron chi connectivity index (χ2n) is 5.52. The Kier molecular flexibility index (Phi) is 3.57. The summed E-state index contributed by atoms with van der Waals surface area (Å²) in [5.74, 6) is 0. The predicted molar refractivity (Wildman–Crippen MR) is 76.3 cm³/mol. The van der Waals surface area contributed by atoms with Crippen LogP contribution in [0.4, 0.5) is 0 Å². The Morgan fingerprint density at radius 1 is 1.45 bits per heavy atom. The first kappa shape index (κ1) is 13.7. The van der Waals surface area contributed by atoms with Crippen molar-refractivity contribution in [3.05, 3.63) is 27.1 Å². The molecule has 2 aromatic rings. The van der Waals surface area contributed by atoms with Crippen LogP contribution in [-0.4, -0.2) is 39.9 Å². The van der Waals surface area contributed by atoms with Gasteiger partial charge in [-0.05, 0) is 20.8 Å². The van der Waals surface area contributed by atoms with Gasteiger partial charge in [0, 0.05) is 11.8 Å². The van der Waals surface area contributed by atoms with Crippen LogP contribution in [0.3, 0.4) is 0 Å². The van der Waals surface area contributed by atoms with Crippen LogP contribution >= 0.6 is 11.3 Å². The topological polar surface area (TPSA) is 60.9 Å². The lowest BCUT2D eigenvalue weighted by atomic mass is 10.2. The molecule has 1 fully saturated rings. The van der Waals surface area contributed by atoms with Crippen molar-refractivity contribution >= 4 is 16.3 Å². The molecule has 20 heavy (non-hydrogen) atoms. The minimum absolute atomic E-state index is 0.103. The van der Waals surface area contributed by atoms with E-state index in [4.69, 9.17) is 4.74 Å². The largest absolute Gasteiger partial charge is 0.364 e.